The number of fused-ring (bicyclic) bond motifs is 1. The fourth-order valence-corrected chi connectivity index (χ4v) is 3.50. The molecule has 32 heavy (non-hydrogen) atoms. The third-order valence-corrected chi connectivity index (χ3v) is 4.99. The number of aryl methyl sites for hydroxylation is 1. The number of rotatable bonds is 4. The molecule has 0 aliphatic rings. The minimum atomic E-state index is -4.66. The molecular weight excluding hydrogens is 450 g/mol. The van der Waals surface area contributed by atoms with Gasteiger partial charge in [0, 0.05) is 23.7 Å². The highest BCUT2D eigenvalue weighted by Crippen LogP contribution is 2.30. The lowest BCUT2D eigenvalue weighted by molar-refractivity contribution is -0.141. The predicted octanol–water partition coefficient (Wildman–Crippen LogP) is 5.50. The second-order valence-corrected chi connectivity index (χ2v) is 7.47. The van der Waals surface area contributed by atoms with Crippen LogP contribution in [0.2, 0.25) is 5.02 Å². The van der Waals surface area contributed by atoms with Crippen molar-refractivity contribution < 1.29 is 22.4 Å². The summed E-state index contributed by atoms with van der Waals surface area (Å²) in [5.74, 6) is -0.461. The molecule has 0 unspecified atom stereocenters. The van der Waals surface area contributed by atoms with Crippen LogP contribution in [0.25, 0.3) is 16.6 Å². The van der Waals surface area contributed by atoms with Gasteiger partial charge in [0.15, 0.2) is 5.69 Å². The van der Waals surface area contributed by atoms with Crippen LogP contribution in [-0.4, -0.2) is 20.4 Å². The van der Waals surface area contributed by atoms with Crippen molar-refractivity contribution in [2.75, 3.05) is 5.32 Å². The molecule has 2 N–H and O–H groups in total. The van der Waals surface area contributed by atoms with E-state index < -0.39 is 23.7 Å². The average Bonchev–Trinajstić information content (AvgIpc) is 3.28. The van der Waals surface area contributed by atoms with E-state index in [9.17, 15) is 22.4 Å². The summed E-state index contributed by atoms with van der Waals surface area (Å²) in [4.78, 5) is 12.4. The first kappa shape index (κ1) is 21.7. The number of carbonyl (C=O) groups excluding carboxylic acids is 1. The fraction of sp³-hybridized carbons (Fsp3) is 0.143. The third kappa shape index (κ3) is 4.40. The molecule has 2 heterocycles. The number of nitrogens with zero attached hydrogens (tertiary/aromatic N) is 3. The summed E-state index contributed by atoms with van der Waals surface area (Å²) in [6, 6.07) is 10.5. The number of aromatic nitrogens is 3. The highest BCUT2D eigenvalue weighted by Gasteiger charge is 2.35. The van der Waals surface area contributed by atoms with Crippen LogP contribution >= 0.6 is 11.6 Å². The number of carbonyl (C=O) groups is 1. The van der Waals surface area contributed by atoms with Gasteiger partial charge in [-0.1, -0.05) is 17.7 Å². The zero-order chi connectivity index (χ0) is 23.0. The van der Waals surface area contributed by atoms with Crippen molar-refractivity contribution in [3.05, 3.63) is 77.0 Å². The average molecular weight is 466 g/mol. The van der Waals surface area contributed by atoms with Gasteiger partial charge in [-0.3, -0.25) is 0 Å². The molecule has 2 aromatic heterocycles. The second kappa shape index (κ2) is 8.19. The Balaban J connectivity index is 1.56. The quantitative estimate of drug-likeness (QED) is 0.391. The van der Waals surface area contributed by atoms with Crippen LogP contribution in [-0.2, 0) is 19.8 Å². The predicted molar refractivity (Wildman–Crippen MR) is 112 cm³/mol. The van der Waals surface area contributed by atoms with E-state index in [4.69, 9.17) is 11.6 Å². The highest BCUT2D eigenvalue weighted by molar-refractivity contribution is 6.30. The van der Waals surface area contributed by atoms with E-state index in [1.807, 2.05) is 0 Å². The van der Waals surface area contributed by atoms with Gasteiger partial charge in [0.2, 0.25) is 0 Å². The summed E-state index contributed by atoms with van der Waals surface area (Å²) in [7, 11) is 1.74. The molecule has 166 valence electrons. The lowest BCUT2D eigenvalue weighted by Gasteiger charge is -2.10. The van der Waals surface area contributed by atoms with Crippen molar-refractivity contribution in [3.8, 4) is 5.69 Å². The Bertz CT molecular complexity index is 1310. The van der Waals surface area contributed by atoms with E-state index in [2.05, 4.69) is 15.7 Å². The van der Waals surface area contributed by atoms with E-state index >= 15 is 0 Å². The van der Waals surface area contributed by atoms with Crippen molar-refractivity contribution in [2.45, 2.75) is 12.7 Å². The summed E-state index contributed by atoms with van der Waals surface area (Å²) < 4.78 is 56.0. The van der Waals surface area contributed by atoms with Gasteiger partial charge in [-0.2, -0.15) is 18.3 Å². The van der Waals surface area contributed by atoms with E-state index in [1.165, 1.54) is 18.2 Å². The topological polar surface area (TPSA) is 63.9 Å². The maximum Gasteiger partial charge on any atom is 0.435 e. The van der Waals surface area contributed by atoms with Crippen LogP contribution < -0.4 is 10.6 Å². The minimum absolute atomic E-state index is 0.0960. The van der Waals surface area contributed by atoms with Crippen LogP contribution in [0.4, 0.5) is 28.0 Å². The Morgan fingerprint density at radius 2 is 1.94 bits per heavy atom. The number of urea groups is 1. The van der Waals surface area contributed by atoms with Crippen molar-refractivity contribution >= 4 is 34.2 Å². The number of hydrogen-bond donors (Lipinski definition) is 2. The molecule has 4 rings (SSSR count). The van der Waals surface area contributed by atoms with E-state index in [-0.39, 0.29) is 12.2 Å². The van der Waals surface area contributed by atoms with E-state index in [0.29, 0.717) is 27.3 Å². The summed E-state index contributed by atoms with van der Waals surface area (Å²) >= 11 is 5.95. The molecule has 0 radical (unpaired) electrons. The lowest BCUT2D eigenvalue weighted by atomic mass is 10.2. The maximum atomic E-state index is 13.6. The van der Waals surface area contributed by atoms with Gasteiger partial charge in [0.25, 0.3) is 0 Å². The number of hydrogen-bond acceptors (Lipinski definition) is 2. The van der Waals surface area contributed by atoms with Gasteiger partial charge in [-0.15, -0.1) is 0 Å². The first-order valence-electron chi connectivity index (χ1n) is 9.33. The molecule has 0 spiro atoms. The molecule has 6 nitrogen and oxygen atoms in total. The molecular formula is C21H16ClF4N5O. The standard InChI is InChI=1S/C21H16ClF4N5O/c1-30-11-17(16-8-13(23)5-6-18(16)30)28-20(32)27-10-15-9-19(21(24,25)26)29-31(15)14-4-2-3-12(22)7-14/h2-9,11H,10H2,1H3,(H2,27,28,32). The van der Waals surface area contributed by atoms with Crippen molar-refractivity contribution in [2.24, 2.45) is 7.05 Å². The number of nitrogens with one attached hydrogen (secondary N) is 2. The molecule has 0 saturated carbocycles. The second-order valence-electron chi connectivity index (χ2n) is 7.03. The Morgan fingerprint density at radius 3 is 2.66 bits per heavy atom. The number of anilines is 1. The summed E-state index contributed by atoms with van der Waals surface area (Å²) in [6.45, 7) is -0.249. The van der Waals surface area contributed by atoms with Crippen molar-refractivity contribution in [3.63, 3.8) is 0 Å². The number of amides is 2. The minimum Gasteiger partial charge on any atom is -0.348 e. The molecule has 11 heteroatoms. The smallest absolute Gasteiger partial charge is 0.348 e. The summed E-state index contributed by atoms with van der Waals surface area (Å²) in [5, 5.41) is 9.55. The van der Waals surface area contributed by atoms with E-state index in [0.717, 1.165) is 10.7 Å². The zero-order valence-corrected chi connectivity index (χ0v) is 17.3. The number of halogens is 5. The van der Waals surface area contributed by atoms with Crippen LogP contribution in [0, 0.1) is 5.82 Å². The van der Waals surface area contributed by atoms with Gasteiger partial charge in [0.1, 0.15) is 5.82 Å². The Kier molecular flexibility index (Phi) is 5.55. The first-order valence-corrected chi connectivity index (χ1v) is 9.71. The Labute approximate surface area is 184 Å². The molecule has 0 bridgehead atoms. The van der Waals surface area contributed by atoms with Gasteiger partial charge in [-0.25, -0.2) is 13.9 Å². The largest absolute Gasteiger partial charge is 0.435 e. The van der Waals surface area contributed by atoms with Gasteiger partial charge in [0.05, 0.1) is 29.1 Å². The molecule has 4 aromatic rings. The number of benzene rings is 2. The molecule has 0 fully saturated rings. The monoisotopic (exact) mass is 465 g/mol. The van der Waals surface area contributed by atoms with Crippen molar-refractivity contribution in [1.29, 1.82) is 0 Å². The third-order valence-electron chi connectivity index (χ3n) is 4.76. The molecule has 2 aromatic carbocycles. The van der Waals surface area contributed by atoms with Crippen molar-refractivity contribution in [1.82, 2.24) is 19.7 Å². The highest BCUT2D eigenvalue weighted by atomic mass is 35.5. The van der Waals surface area contributed by atoms with Gasteiger partial charge < -0.3 is 15.2 Å². The fourth-order valence-electron chi connectivity index (χ4n) is 3.32. The molecule has 0 aliphatic heterocycles. The maximum absolute atomic E-state index is 13.6. The first-order chi connectivity index (χ1) is 15.1. The SMILES string of the molecule is Cn1cc(NC(=O)NCc2cc(C(F)(F)F)nn2-c2cccc(Cl)c2)c2cc(F)ccc21. The normalized spacial score (nSPS) is 11.7. The van der Waals surface area contributed by atoms with Crippen LogP contribution in [0.1, 0.15) is 11.4 Å². The lowest BCUT2D eigenvalue weighted by Crippen LogP contribution is -2.29. The molecule has 2 amide bonds. The molecule has 0 saturated heterocycles. The summed E-state index contributed by atoms with van der Waals surface area (Å²) in [6.07, 6.45) is -3.05. The Hall–Kier alpha value is -3.53. The van der Waals surface area contributed by atoms with Crippen LogP contribution in [0.15, 0.2) is 54.7 Å². The van der Waals surface area contributed by atoms with Crippen LogP contribution in [0.5, 0.6) is 0 Å². The molecule has 0 aliphatic carbocycles. The zero-order valence-electron chi connectivity index (χ0n) is 16.5. The number of alkyl halides is 3. The van der Waals surface area contributed by atoms with Crippen LogP contribution in [0.3, 0.4) is 0 Å². The summed E-state index contributed by atoms with van der Waals surface area (Å²) in [5.41, 5.74) is 0.377. The Morgan fingerprint density at radius 1 is 1.16 bits per heavy atom. The van der Waals surface area contributed by atoms with E-state index in [1.54, 1.807) is 42.1 Å². The molecule has 0 atom stereocenters. The van der Waals surface area contributed by atoms with Gasteiger partial charge in [-0.05, 0) is 42.5 Å². The van der Waals surface area contributed by atoms with Gasteiger partial charge >= 0.3 is 12.2 Å².